The molecule has 0 aliphatic carbocycles. The van der Waals surface area contributed by atoms with Crippen LogP contribution < -0.4 is 5.56 Å². The normalized spacial score (nSPS) is 11.7. The van der Waals surface area contributed by atoms with Gasteiger partial charge in [0.05, 0.1) is 5.69 Å². The molecule has 2 aromatic rings. The van der Waals surface area contributed by atoms with E-state index >= 15 is 0 Å². The number of hydrogen-bond donors (Lipinski definition) is 1. The van der Waals surface area contributed by atoms with Gasteiger partial charge in [-0.3, -0.25) is 4.79 Å². The first kappa shape index (κ1) is 16.8. The summed E-state index contributed by atoms with van der Waals surface area (Å²) in [4.78, 5) is 19.5. The second-order valence-corrected chi connectivity index (χ2v) is 7.70. The molecule has 0 atom stereocenters. The van der Waals surface area contributed by atoms with Gasteiger partial charge in [-0.2, -0.15) is 0 Å². The molecule has 0 aliphatic heterocycles. The van der Waals surface area contributed by atoms with Crippen molar-refractivity contribution in [3.8, 4) is 0 Å². The fourth-order valence-corrected chi connectivity index (χ4v) is 3.55. The van der Waals surface area contributed by atoms with Gasteiger partial charge in [-0.15, -0.1) is 0 Å². The third-order valence-corrected chi connectivity index (χ3v) is 4.74. The van der Waals surface area contributed by atoms with Crippen molar-refractivity contribution in [3.05, 3.63) is 59.3 Å². The minimum Gasteiger partial charge on any atom is -0.309 e. The van der Waals surface area contributed by atoms with Gasteiger partial charge >= 0.3 is 0 Å². The summed E-state index contributed by atoms with van der Waals surface area (Å²) in [6.07, 6.45) is 0.397. The quantitative estimate of drug-likeness (QED) is 0.701. The Morgan fingerprint density at radius 3 is 2.33 bits per heavy atom. The maximum absolute atomic E-state index is 12.1. The Balaban J connectivity index is 2.52. The molecule has 3 nitrogen and oxygen atoms in total. The second kappa shape index (κ2) is 6.26. The van der Waals surface area contributed by atoms with Gasteiger partial charge < -0.3 is 4.98 Å². The highest BCUT2D eigenvalue weighted by atomic mass is 127. The molecule has 1 aromatic heterocycles. The molecule has 0 fully saturated rings. The topological polar surface area (TPSA) is 45.8 Å². The lowest BCUT2D eigenvalue weighted by atomic mass is 9.92. The zero-order valence-electron chi connectivity index (χ0n) is 11.9. The van der Waals surface area contributed by atoms with Gasteiger partial charge in [0, 0.05) is 21.9 Å². The number of aromatic nitrogens is 2. The van der Waals surface area contributed by atoms with Gasteiger partial charge in [0.25, 0.3) is 5.56 Å². The summed E-state index contributed by atoms with van der Waals surface area (Å²) in [5.41, 5.74) is 1.22. The molecular formula is C15H15Cl2IN2O. The summed E-state index contributed by atoms with van der Waals surface area (Å²) in [6, 6.07) is 5.34. The lowest BCUT2D eigenvalue weighted by Crippen LogP contribution is -2.25. The van der Waals surface area contributed by atoms with Gasteiger partial charge in [-0.1, -0.05) is 50.0 Å². The van der Waals surface area contributed by atoms with Crippen LogP contribution in [-0.2, 0) is 11.8 Å². The highest BCUT2D eigenvalue weighted by molar-refractivity contribution is 14.1. The van der Waals surface area contributed by atoms with Crippen molar-refractivity contribution >= 4 is 45.8 Å². The van der Waals surface area contributed by atoms with E-state index < -0.39 is 0 Å². The lowest BCUT2D eigenvalue weighted by molar-refractivity contribution is 0.556. The van der Waals surface area contributed by atoms with E-state index in [-0.39, 0.29) is 11.0 Å². The number of rotatable bonds is 2. The van der Waals surface area contributed by atoms with E-state index in [0.717, 1.165) is 11.3 Å². The third kappa shape index (κ3) is 3.79. The van der Waals surface area contributed by atoms with Crippen LogP contribution in [0, 0.1) is 3.57 Å². The van der Waals surface area contributed by atoms with Crippen LogP contribution in [0.2, 0.25) is 10.0 Å². The van der Waals surface area contributed by atoms with Crippen molar-refractivity contribution in [3.63, 3.8) is 0 Å². The fraction of sp³-hybridized carbons (Fsp3) is 0.333. The maximum atomic E-state index is 12.1. The van der Waals surface area contributed by atoms with Crippen molar-refractivity contribution in [2.24, 2.45) is 0 Å². The number of halogens is 3. The first-order chi connectivity index (χ1) is 9.70. The van der Waals surface area contributed by atoms with Gasteiger partial charge in [-0.05, 0) is 40.3 Å². The molecule has 1 heterocycles. The number of hydrogen-bond acceptors (Lipinski definition) is 2. The minimum absolute atomic E-state index is 0.131. The monoisotopic (exact) mass is 436 g/mol. The molecule has 21 heavy (non-hydrogen) atoms. The van der Waals surface area contributed by atoms with E-state index in [2.05, 4.69) is 9.97 Å². The molecule has 0 unspecified atom stereocenters. The molecule has 0 bridgehead atoms. The maximum Gasteiger partial charge on any atom is 0.264 e. The number of benzene rings is 1. The largest absolute Gasteiger partial charge is 0.309 e. The average molecular weight is 437 g/mol. The molecule has 2 rings (SSSR count). The number of aromatic amines is 1. The van der Waals surface area contributed by atoms with Crippen LogP contribution in [-0.4, -0.2) is 9.97 Å². The molecule has 1 N–H and O–H groups in total. The van der Waals surface area contributed by atoms with Crippen molar-refractivity contribution in [2.45, 2.75) is 32.6 Å². The van der Waals surface area contributed by atoms with Gasteiger partial charge in [0.15, 0.2) is 0 Å². The Kier molecular flexibility index (Phi) is 5.00. The summed E-state index contributed by atoms with van der Waals surface area (Å²) in [6.45, 7) is 6.09. The molecule has 0 spiro atoms. The molecule has 0 radical (unpaired) electrons. The molecule has 0 aliphatic rings. The summed E-state index contributed by atoms with van der Waals surface area (Å²) in [5.74, 6) is 0.570. The van der Waals surface area contributed by atoms with Gasteiger partial charge in [-0.25, -0.2) is 4.98 Å². The summed E-state index contributed by atoms with van der Waals surface area (Å²) in [5, 5.41) is 1.14. The Labute approximate surface area is 147 Å². The molecule has 0 amide bonds. The minimum atomic E-state index is -0.205. The SMILES string of the molecule is CC(C)(C)c1nc(Cc2c(Cl)cccc2Cl)[nH]c(=O)c1I. The zero-order valence-corrected chi connectivity index (χ0v) is 15.6. The van der Waals surface area contributed by atoms with Crippen LogP contribution in [0.5, 0.6) is 0 Å². The first-order valence-corrected chi connectivity index (χ1v) is 8.25. The van der Waals surface area contributed by atoms with E-state index in [9.17, 15) is 4.79 Å². The smallest absolute Gasteiger partial charge is 0.264 e. The van der Waals surface area contributed by atoms with Gasteiger partial charge in [0.1, 0.15) is 9.39 Å². The Bertz CT molecular complexity index is 715. The van der Waals surface area contributed by atoms with Crippen molar-refractivity contribution in [1.29, 1.82) is 0 Å². The number of H-pyrrole nitrogens is 1. The summed E-state index contributed by atoms with van der Waals surface area (Å²) < 4.78 is 0.620. The summed E-state index contributed by atoms with van der Waals surface area (Å²) >= 11 is 14.4. The number of nitrogens with one attached hydrogen (secondary N) is 1. The Morgan fingerprint density at radius 2 is 1.81 bits per heavy atom. The van der Waals surface area contributed by atoms with E-state index in [1.807, 2.05) is 43.4 Å². The van der Waals surface area contributed by atoms with Crippen molar-refractivity contribution in [2.75, 3.05) is 0 Å². The Morgan fingerprint density at radius 1 is 1.24 bits per heavy atom. The van der Waals surface area contributed by atoms with Crippen LogP contribution in [0.1, 0.15) is 37.9 Å². The third-order valence-electron chi connectivity index (χ3n) is 3.03. The molecule has 0 saturated heterocycles. The van der Waals surface area contributed by atoms with Crippen LogP contribution in [0.15, 0.2) is 23.0 Å². The second-order valence-electron chi connectivity index (χ2n) is 5.80. The first-order valence-electron chi connectivity index (χ1n) is 6.42. The van der Waals surface area contributed by atoms with E-state index in [4.69, 9.17) is 23.2 Å². The van der Waals surface area contributed by atoms with E-state index in [1.165, 1.54) is 0 Å². The molecule has 112 valence electrons. The molecule has 1 aromatic carbocycles. The zero-order chi connectivity index (χ0) is 15.8. The van der Waals surface area contributed by atoms with Crippen molar-refractivity contribution in [1.82, 2.24) is 9.97 Å². The fourth-order valence-electron chi connectivity index (χ4n) is 1.95. The van der Waals surface area contributed by atoms with Gasteiger partial charge in [0.2, 0.25) is 0 Å². The molecule has 6 heteroatoms. The predicted octanol–water partition coefficient (Wildman–Crippen LogP) is 4.57. The lowest BCUT2D eigenvalue weighted by Gasteiger charge is -2.20. The molecule has 0 saturated carbocycles. The van der Waals surface area contributed by atoms with Crippen LogP contribution in [0.4, 0.5) is 0 Å². The summed E-state index contributed by atoms with van der Waals surface area (Å²) in [7, 11) is 0. The predicted molar refractivity (Wildman–Crippen MR) is 95.5 cm³/mol. The standard InChI is InChI=1S/C15H15Cl2IN2O/c1-15(2,3)13-12(18)14(21)20-11(19-13)7-8-9(16)5-4-6-10(8)17/h4-6H,7H2,1-3H3,(H,19,20,21). The van der Waals surface area contributed by atoms with E-state index in [0.29, 0.717) is 25.9 Å². The van der Waals surface area contributed by atoms with E-state index in [1.54, 1.807) is 18.2 Å². The van der Waals surface area contributed by atoms with Crippen molar-refractivity contribution < 1.29 is 0 Å². The average Bonchev–Trinajstić information content (AvgIpc) is 2.36. The molecular weight excluding hydrogens is 422 g/mol. The highest BCUT2D eigenvalue weighted by Gasteiger charge is 2.22. The number of nitrogens with zero attached hydrogens (tertiary/aromatic N) is 1. The van der Waals surface area contributed by atoms with Crippen LogP contribution >= 0.6 is 45.8 Å². The Hall–Kier alpha value is -0.590. The van der Waals surface area contributed by atoms with Crippen LogP contribution in [0.3, 0.4) is 0 Å². The highest BCUT2D eigenvalue weighted by Crippen LogP contribution is 2.27. The van der Waals surface area contributed by atoms with Crippen LogP contribution in [0.25, 0.3) is 0 Å².